The third-order valence-electron chi connectivity index (χ3n) is 4.66. The second-order valence-corrected chi connectivity index (χ2v) is 6.24. The Morgan fingerprint density at radius 2 is 2.10 bits per heavy atom. The van der Waals surface area contributed by atoms with Crippen LogP contribution in [0, 0.1) is 5.82 Å². The van der Waals surface area contributed by atoms with E-state index in [-0.39, 0.29) is 11.4 Å². The molecule has 1 aliphatic carbocycles. The van der Waals surface area contributed by atoms with E-state index >= 15 is 0 Å². The first-order valence-electron chi connectivity index (χ1n) is 7.94. The molecule has 0 radical (unpaired) electrons. The Kier molecular flexibility index (Phi) is 3.97. The average molecular weight is 277 g/mol. The highest BCUT2D eigenvalue weighted by atomic mass is 19.1. The van der Waals surface area contributed by atoms with Gasteiger partial charge >= 0.3 is 0 Å². The molecule has 0 aromatic heterocycles. The van der Waals surface area contributed by atoms with Gasteiger partial charge in [-0.15, -0.1) is 0 Å². The summed E-state index contributed by atoms with van der Waals surface area (Å²) in [6.45, 7) is 3.17. The fourth-order valence-electron chi connectivity index (χ4n) is 3.64. The van der Waals surface area contributed by atoms with Gasteiger partial charge in [-0.2, -0.15) is 0 Å². The van der Waals surface area contributed by atoms with E-state index in [0.717, 1.165) is 43.5 Å². The highest BCUT2D eigenvalue weighted by Crippen LogP contribution is 2.46. The van der Waals surface area contributed by atoms with Crippen molar-refractivity contribution in [3.8, 4) is 5.75 Å². The van der Waals surface area contributed by atoms with Crippen molar-refractivity contribution in [1.29, 1.82) is 0 Å². The van der Waals surface area contributed by atoms with Gasteiger partial charge in [0.15, 0.2) is 0 Å². The van der Waals surface area contributed by atoms with Crippen molar-refractivity contribution in [2.45, 2.75) is 63.5 Å². The van der Waals surface area contributed by atoms with Crippen molar-refractivity contribution in [2.75, 3.05) is 6.54 Å². The lowest BCUT2D eigenvalue weighted by Gasteiger charge is -2.44. The molecule has 1 saturated carbocycles. The van der Waals surface area contributed by atoms with Crippen LogP contribution in [0.3, 0.4) is 0 Å². The van der Waals surface area contributed by atoms with Crippen molar-refractivity contribution >= 4 is 0 Å². The van der Waals surface area contributed by atoms with Gasteiger partial charge in [-0.1, -0.05) is 19.4 Å². The summed E-state index contributed by atoms with van der Waals surface area (Å²) in [6, 6.07) is 5.29. The lowest BCUT2D eigenvalue weighted by atomic mass is 9.77. The third kappa shape index (κ3) is 2.69. The standard InChI is InChI=1S/C17H24FNO/c1-2-10-19-15-12-17(8-4-3-5-9-17)20-16-11-13(18)6-7-14(15)16/h6-7,11,15,19H,2-5,8-10,12H2,1H3. The summed E-state index contributed by atoms with van der Waals surface area (Å²) < 4.78 is 19.8. The van der Waals surface area contributed by atoms with Gasteiger partial charge in [-0.3, -0.25) is 0 Å². The molecule has 1 aliphatic heterocycles. The number of hydrogen-bond donors (Lipinski definition) is 1. The number of halogens is 1. The quantitative estimate of drug-likeness (QED) is 0.886. The zero-order valence-electron chi connectivity index (χ0n) is 12.3. The fourth-order valence-corrected chi connectivity index (χ4v) is 3.64. The first-order valence-corrected chi connectivity index (χ1v) is 7.94. The Morgan fingerprint density at radius 1 is 1.30 bits per heavy atom. The molecule has 0 amide bonds. The molecule has 1 atom stereocenters. The van der Waals surface area contributed by atoms with Gasteiger partial charge < -0.3 is 10.1 Å². The largest absolute Gasteiger partial charge is 0.487 e. The Hall–Kier alpha value is -1.09. The summed E-state index contributed by atoms with van der Waals surface area (Å²) in [6.07, 6.45) is 8.09. The predicted molar refractivity (Wildman–Crippen MR) is 78.5 cm³/mol. The zero-order valence-corrected chi connectivity index (χ0v) is 12.3. The van der Waals surface area contributed by atoms with Crippen LogP contribution in [0.15, 0.2) is 18.2 Å². The van der Waals surface area contributed by atoms with Crippen molar-refractivity contribution in [1.82, 2.24) is 5.32 Å². The third-order valence-corrected chi connectivity index (χ3v) is 4.66. The number of benzene rings is 1. The molecule has 0 bridgehead atoms. The Bertz CT molecular complexity index is 468. The second kappa shape index (κ2) is 5.72. The molecule has 1 heterocycles. The van der Waals surface area contributed by atoms with Crippen molar-refractivity contribution in [3.63, 3.8) is 0 Å². The average Bonchev–Trinajstić information content (AvgIpc) is 2.45. The minimum atomic E-state index is -0.203. The van der Waals surface area contributed by atoms with E-state index in [4.69, 9.17) is 4.74 Å². The molecule has 20 heavy (non-hydrogen) atoms. The summed E-state index contributed by atoms with van der Waals surface area (Å²) >= 11 is 0. The Labute approximate surface area is 120 Å². The van der Waals surface area contributed by atoms with Crippen LogP contribution in [0.1, 0.15) is 63.5 Å². The van der Waals surface area contributed by atoms with Crippen LogP contribution in [-0.2, 0) is 0 Å². The monoisotopic (exact) mass is 277 g/mol. The van der Waals surface area contributed by atoms with Gasteiger partial charge in [0.05, 0.1) is 0 Å². The maximum Gasteiger partial charge on any atom is 0.127 e. The number of hydrogen-bond acceptors (Lipinski definition) is 2. The zero-order chi connectivity index (χ0) is 14.0. The molecule has 1 N–H and O–H groups in total. The number of ether oxygens (including phenoxy) is 1. The van der Waals surface area contributed by atoms with Gasteiger partial charge in [0.2, 0.25) is 0 Å². The normalized spacial score (nSPS) is 24.2. The van der Waals surface area contributed by atoms with E-state index in [2.05, 4.69) is 12.2 Å². The molecule has 1 aromatic rings. The first-order chi connectivity index (χ1) is 9.72. The maximum atomic E-state index is 13.5. The lowest BCUT2D eigenvalue weighted by molar-refractivity contribution is -0.00289. The molecule has 1 fully saturated rings. The van der Waals surface area contributed by atoms with Gasteiger partial charge in [-0.05, 0) is 44.7 Å². The Balaban J connectivity index is 1.90. The summed E-state index contributed by atoms with van der Waals surface area (Å²) in [4.78, 5) is 0. The van der Waals surface area contributed by atoms with E-state index in [1.165, 1.54) is 19.3 Å². The molecule has 1 aromatic carbocycles. The van der Waals surface area contributed by atoms with Crippen LogP contribution in [0.4, 0.5) is 4.39 Å². The maximum absolute atomic E-state index is 13.5. The van der Waals surface area contributed by atoms with Crippen LogP contribution in [-0.4, -0.2) is 12.1 Å². The summed E-state index contributed by atoms with van der Waals surface area (Å²) in [5, 5.41) is 3.62. The first kappa shape index (κ1) is 13.9. The predicted octanol–water partition coefficient (Wildman–Crippen LogP) is 4.35. The van der Waals surface area contributed by atoms with Crippen molar-refractivity contribution in [2.24, 2.45) is 0 Å². The van der Waals surface area contributed by atoms with E-state index < -0.39 is 0 Å². The molecule has 110 valence electrons. The highest BCUT2D eigenvalue weighted by molar-refractivity contribution is 5.39. The van der Waals surface area contributed by atoms with Gasteiger partial charge in [-0.25, -0.2) is 4.39 Å². The summed E-state index contributed by atoms with van der Waals surface area (Å²) in [5.41, 5.74) is 1.06. The summed E-state index contributed by atoms with van der Waals surface area (Å²) in [5.74, 6) is 0.553. The Morgan fingerprint density at radius 3 is 2.85 bits per heavy atom. The molecular formula is C17H24FNO. The number of nitrogens with one attached hydrogen (secondary N) is 1. The van der Waals surface area contributed by atoms with E-state index in [1.54, 1.807) is 12.1 Å². The fraction of sp³-hybridized carbons (Fsp3) is 0.647. The molecule has 2 aliphatic rings. The minimum absolute atomic E-state index is 0.0650. The van der Waals surface area contributed by atoms with E-state index in [9.17, 15) is 4.39 Å². The number of rotatable bonds is 3. The molecule has 1 unspecified atom stereocenters. The van der Waals surface area contributed by atoms with Crippen LogP contribution in [0.2, 0.25) is 0 Å². The molecular weight excluding hydrogens is 253 g/mol. The van der Waals surface area contributed by atoms with Crippen LogP contribution in [0.5, 0.6) is 5.75 Å². The van der Waals surface area contributed by atoms with Crippen LogP contribution in [0.25, 0.3) is 0 Å². The second-order valence-electron chi connectivity index (χ2n) is 6.24. The molecule has 0 saturated heterocycles. The van der Waals surface area contributed by atoms with E-state index in [1.807, 2.05) is 6.07 Å². The SMILES string of the molecule is CCCNC1CC2(CCCCC2)Oc2cc(F)ccc21. The molecule has 3 heteroatoms. The molecule has 3 rings (SSSR count). The van der Waals surface area contributed by atoms with Crippen LogP contribution < -0.4 is 10.1 Å². The smallest absolute Gasteiger partial charge is 0.127 e. The lowest BCUT2D eigenvalue weighted by Crippen LogP contribution is -2.45. The summed E-state index contributed by atoms with van der Waals surface area (Å²) in [7, 11) is 0. The van der Waals surface area contributed by atoms with Crippen LogP contribution >= 0.6 is 0 Å². The minimum Gasteiger partial charge on any atom is -0.487 e. The topological polar surface area (TPSA) is 21.3 Å². The van der Waals surface area contributed by atoms with Gasteiger partial charge in [0.1, 0.15) is 17.2 Å². The molecule has 2 nitrogen and oxygen atoms in total. The van der Waals surface area contributed by atoms with Crippen molar-refractivity contribution in [3.05, 3.63) is 29.6 Å². The highest BCUT2D eigenvalue weighted by Gasteiger charge is 2.41. The number of fused-ring (bicyclic) bond motifs is 1. The van der Waals surface area contributed by atoms with Crippen molar-refractivity contribution < 1.29 is 9.13 Å². The molecule has 1 spiro atoms. The van der Waals surface area contributed by atoms with Gasteiger partial charge in [0, 0.05) is 24.1 Å². The van der Waals surface area contributed by atoms with E-state index in [0.29, 0.717) is 6.04 Å². The van der Waals surface area contributed by atoms with Gasteiger partial charge in [0.25, 0.3) is 0 Å².